The number of benzene rings is 1. The molecule has 0 saturated heterocycles. The molecule has 0 aliphatic carbocycles. The van der Waals surface area contributed by atoms with Gasteiger partial charge in [-0.3, -0.25) is 4.79 Å². The minimum atomic E-state index is -0.358. The van der Waals surface area contributed by atoms with Crippen LogP contribution in [0.4, 0.5) is 0 Å². The fraction of sp³-hybridized carbons (Fsp3) is 0.143. The molecule has 20 heavy (non-hydrogen) atoms. The summed E-state index contributed by atoms with van der Waals surface area (Å²) < 4.78 is 9.20. The summed E-state index contributed by atoms with van der Waals surface area (Å²) in [5.41, 5.74) is 1.08. The molecule has 0 N–H and O–H groups in total. The van der Waals surface area contributed by atoms with Gasteiger partial charge >= 0.3 is 5.91 Å². The Morgan fingerprint density at radius 1 is 1.45 bits per heavy atom. The van der Waals surface area contributed by atoms with Crippen LogP contribution in [-0.4, -0.2) is 10.5 Å². The number of furan rings is 1. The summed E-state index contributed by atoms with van der Waals surface area (Å²) in [7, 11) is 0. The van der Waals surface area contributed by atoms with Crippen molar-refractivity contribution in [3.63, 3.8) is 0 Å². The van der Waals surface area contributed by atoms with Gasteiger partial charge in [-0.2, -0.15) is 4.99 Å². The average molecular weight is 351 g/mol. The summed E-state index contributed by atoms with van der Waals surface area (Å²) >= 11 is 4.95. The Hall–Kier alpha value is -1.66. The predicted molar refractivity (Wildman–Crippen MR) is 81.8 cm³/mol. The third-order valence-corrected chi connectivity index (χ3v) is 4.42. The van der Waals surface area contributed by atoms with E-state index < -0.39 is 0 Å². The van der Waals surface area contributed by atoms with Crippen LogP contribution in [0.3, 0.4) is 0 Å². The lowest BCUT2D eigenvalue weighted by Crippen LogP contribution is -2.15. The molecule has 1 aromatic carbocycles. The van der Waals surface area contributed by atoms with Crippen molar-refractivity contribution < 1.29 is 9.21 Å². The van der Waals surface area contributed by atoms with Gasteiger partial charge in [0.2, 0.25) is 0 Å². The van der Waals surface area contributed by atoms with Gasteiger partial charge in [-0.15, -0.1) is 0 Å². The molecular weight excluding hydrogens is 340 g/mol. The van der Waals surface area contributed by atoms with Crippen molar-refractivity contribution in [1.29, 1.82) is 0 Å². The molecule has 3 aromatic rings. The number of aromatic nitrogens is 1. The Bertz CT molecular complexity index is 831. The lowest BCUT2D eigenvalue weighted by atomic mass is 10.3. The summed E-state index contributed by atoms with van der Waals surface area (Å²) in [5, 5.41) is 0. The molecule has 0 spiro atoms. The molecule has 2 heterocycles. The van der Waals surface area contributed by atoms with Gasteiger partial charge in [0.15, 0.2) is 10.6 Å². The van der Waals surface area contributed by atoms with Gasteiger partial charge in [-0.05, 0) is 37.3 Å². The quantitative estimate of drug-likeness (QED) is 0.705. The fourth-order valence-electron chi connectivity index (χ4n) is 1.98. The minimum absolute atomic E-state index is 0.256. The highest BCUT2D eigenvalue weighted by Crippen LogP contribution is 2.22. The number of fused-ring (bicyclic) bond motifs is 1. The number of amides is 1. The highest BCUT2D eigenvalue weighted by molar-refractivity contribution is 9.10. The second-order valence-electron chi connectivity index (χ2n) is 4.14. The van der Waals surface area contributed by atoms with Gasteiger partial charge in [-0.1, -0.05) is 27.3 Å². The number of carbonyl (C=O) groups excluding carboxylic acids is 1. The van der Waals surface area contributed by atoms with Crippen LogP contribution >= 0.6 is 27.3 Å². The van der Waals surface area contributed by atoms with Crippen molar-refractivity contribution in [1.82, 2.24) is 4.57 Å². The summed E-state index contributed by atoms with van der Waals surface area (Å²) in [5.74, 6) is -0.103. The smallest absolute Gasteiger partial charge is 0.315 e. The van der Waals surface area contributed by atoms with Crippen LogP contribution in [0.15, 0.2) is 50.5 Å². The maximum atomic E-state index is 12.0. The molecule has 0 radical (unpaired) electrons. The molecule has 0 bridgehead atoms. The topological polar surface area (TPSA) is 47.5 Å². The van der Waals surface area contributed by atoms with Crippen molar-refractivity contribution in [2.75, 3.05) is 0 Å². The molecule has 0 fully saturated rings. The highest BCUT2D eigenvalue weighted by Gasteiger charge is 2.10. The molecule has 0 atom stereocenters. The molecule has 2 aromatic heterocycles. The van der Waals surface area contributed by atoms with Crippen molar-refractivity contribution in [3.8, 4) is 0 Å². The zero-order chi connectivity index (χ0) is 14.1. The zero-order valence-corrected chi connectivity index (χ0v) is 13.1. The first-order valence-electron chi connectivity index (χ1n) is 6.10. The monoisotopic (exact) mass is 350 g/mol. The van der Waals surface area contributed by atoms with Crippen molar-refractivity contribution in [2.45, 2.75) is 13.5 Å². The van der Waals surface area contributed by atoms with Crippen molar-refractivity contribution in [2.24, 2.45) is 4.99 Å². The lowest BCUT2D eigenvalue weighted by molar-refractivity contribution is 0.0971. The Kier molecular flexibility index (Phi) is 3.58. The standard InChI is InChI=1S/C14H11BrN2O2S/c1-2-17-10-6-5-9(15)8-12(10)20-14(17)16-13(18)11-4-3-7-19-11/h3-8H,2H2,1H3. The van der Waals surface area contributed by atoms with Gasteiger partial charge in [0.05, 0.1) is 16.5 Å². The van der Waals surface area contributed by atoms with Gasteiger partial charge in [0.1, 0.15) is 0 Å². The van der Waals surface area contributed by atoms with Crippen molar-refractivity contribution >= 4 is 43.4 Å². The fourth-order valence-corrected chi connectivity index (χ4v) is 3.62. The molecule has 0 aliphatic heterocycles. The van der Waals surface area contributed by atoms with Gasteiger partial charge < -0.3 is 8.98 Å². The molecule has 0 aliphatic rings. The number of hydrogen-bond acceptors (Lipinski definition) is 3. The second-order valence-corrected chi connectivity index (χ2v) is 6.06. The van der Waals surface area contributed by atoms with Gasteiger partial charge in [0, 0.05) is 11.0 Å². The SMILES string of the molecule is CCn1c(=NC(=O)c2ccco2)sc2cc(Br)ccc21. The number of hydrogen-bond donors (Lipinski definition) is 0. The Morgan fingerprint density at radius 2 is 2.30 bits per heavy atom. The molecule has 0 saturated carbocycles. The number of nitrogens with zero attached hydrogens (tertiary/aromatic N) is 2. The first-order chi connectivity index (χ1) is 9.69. The van der Waals surface area contributed by atoms with E-state index in [0.717, 1.165) is 21.2 Å². The summed E-state index contributed by atoms with van der Waals surface area (Å²) in [4.78, 5) is 16.9. The van der Waals surface area contributed by atoms with E-state index in [1.54, 1.807) is 12.1 Å². The van der Waals surface area contributed by atoms with Crippen LogP contribution < -0.4 is 4.80 Å². The molecule has 0 unspecified atom stereocenters. The number of thiazole rings is 1. The van der Waals surface area contributed by atoms with Crippen LogP contribution in [0.5, 0.6) is 0 Å². The number of halogens is 1. The van der Waals surface area contributed by atoms with E-state index in [1.165, 1.54) is 17.6 Å². The highest BCUT2D eigenvalue weighted by atomic mass is 79.9. The third-order valence-electron chi connectivity index (χ3n) is 2.89. The van der Waals surface area contributed by atoms with E-state index in [1.807, 2.05) is 29.7 Å². The maximum absolute atomic E-state index is 12.0. The van der Waals surface area contributed by atoms with E-state index in [-0.39, 0.29) is 11.7 Å². The van der Waals surface area contributed by atoms with E-state index in [9.17, 15) is 4.79 Å². The minimum Gasteiger partial charge on any atom is -0.459 e. The number of aryl methyl sites for hydroxylation is 1. The van der Waals surface area contributed by atoms with Gasteiger partial charge in [0.25, 0.3) is 0 Å². The normalized spacial score (nSPS) is 12.2. The van der Waals surface area contributed by atoms with Crippen LogP contribution in [-0.2, 0) is 6.54 Å². The lowest BCUT2D eigenvalue weighted by Gasteiger charge is -1.99. The van der Waals surface area contributed by atoms with Crippen LogP contribution in [0.1, 0.15) is 17.5 Å². The predicted octanol–water partition coefficient (Wildman–Crippen LogP) is 3.82. The molecule has 4 nitrogen and oxygen atoms in total. The molecule has 6 heteroatoms. The number of rotatable bonds is 2. The summed E-state index contributed by atoms with van der Waals surface area (Å²) in [6.45, 7) is 2.79. The largest absolute Gasteiger partial charge is 0.459 e. The van der Waals surface area contributed by atoms with E-state index in [0.29, 0.717) is 4.80 Å². The maximum Gasteiger partial charge on any atom is 0.315 e. The molecule has 3 rings (SSSR count). The first-order valence-corrected chi connectivity index (χ1v) is 7.71. The van der Waals surface area contributed by atoms with E-state index in [2.05, 4.69) is 20.9 Å². The van der Waals surface area contributed by atoms with Crippen LogP contribution in [0, 0.1) is 0 Å². The first kappa shape index (κ1) is 13.3. The van der Waals surface area contributed by atoms with Crippen LogP contribution in [0.2, 0.25) is 0 Å². The third kappa shape index (κ3) is 2.36. The van der Waals surface area contributed by atoms with Crippen LogP contribution in [0.25, 0.3) is 10.2 Å². The van der Waals surface area contributed by atoms with E-state index >= 15 is 0 Å². The Morgan fingerprint density at radius 3 is 3.00 bits per heavy atom. The second kappa shape index (κ2) is 5.38. The number of carbonyl (C=O) groups is 1. The van der Waals surface area contributed by atoms with E-state index in [4.69, 9.17) is 4.42 Å². The van der Waals surface area contributed by atoms with Crippen molar-refractivity contribution in [3.05, 3.63) is 51.6 Å². The molecular formula is C14H11BrN2O2S. The van der Waals surface area contributed by atoms with Gasteiger partial charge in [-0.25, -0.2) is 0 Å². The molecule has 1 amide bonds. The Labute approximate surface area is 127 Å². The summed E-state index contributed by atoms with van der Waals surface area (Å²) in [6.07, 6.45) is 1.47. The zero-order valence-electron chi connectivity index (χ0n) is 10.7. The Balaban J connectivity index is 2.18. The summed E-state index contributed by atoms with van der Waals surface area (Å²) in [6, 6.07) is 9.34. The average Bonchev–Trinajstić information content (AvgIpc) is 3.04. The molecule has 102 valence electrons.